The highest BCUT2D eigenvalue weighted by atomic mass is 16.5. The monoisotopic (exact) mass is 307 g/mol. The van der Waals surface area contributed by atoms with Crippen molar-refractivity contribution in [3.63, 3.8) is 0 Å². The van der Waals surface area contributed by atoms with Gasteiger partial charge in [-0.1, -0.05) is 19.8 Å². The molecule has 0 fully saturated rings. The Labute approximate surface area is 134 Å². The SMILES string of the molecule is CCCC[C@](C)(OCC)C(=O)Nc1ccc(OCC)c(C)c1. The Balaban J connectivity index is 2.82. The lowest BCUT2D eigenvalue weighted by molar-refractivity contribution is -0.139. The predicted octanol–water partition coefficient (Wildman–Crippen LogP) is 4.32. The van der Waals surface area contributed by atoms with E-state index >= 15 is 0 Å². The zero-order valence-corrected chi connectivity index (χ0v) is 14.5. The third kappa shape index (κ3) is 5.02. The van der Waals surface area contributed by atoms with Crippen LogP contribution in [-0.4, -0.2) is 24.7 Å². The molecule has 1 amide bonds. The third-order valence-corrected chi connectivity index (χ3v) is 3.68. The van der Waals surface area contributed by atoms with Crippen molar-refractivity contribution in [2.24, 2.45) is 0 Å². The van der Waals surface area contributed by atoms with Gasteiger partial charge in [0.25, 0.3) is 5.91 Å². The number of carbonyl (C=O) groups excluding carboxylic acids is 1. The Bertz CT molecular complexity index is 487. The van der Waals surface area contributed by atoms with Gasteiger partial charge in [-0.15, -0.1) is 0 Å². The number of hydrogen-bond donors (Lipinski definition) is 1. The molecule has 1 N–H and O–H groups in total. The molecule has 1 rings (SSSR count). The maximum Gasteiger partial charge on any atom is 0.256 e. The van der Waals surface area contributed by atoms with Crippen LogP contribution in [-0.2, 0) is 9.53 Å². The molecule has 124 valence electrons. The van der Waals surface area contributed by atoms with Crippen molar-refractivity contribution in [2.75, 3.05) is 18.5 Å². The van der Waals surface area contributed by atoms with Crippen molar-refractivity contribution in [1.82, 2.24) is 0 Å². The Morgan fingerprint density at radius 1 is 1.23 bits per heavy atom. The number of unbranched alkanes of at least 4 members (excludes halogenated alkanes) is 1. The molecule has 22 heavy (non-hydrogen) atoms. The summed E-state index contributed by atoms with van der Waals surface area (Å²) < 4.78 is 11.2. The molecule has 4 heteroatoms. The lowest BCUT2D eigenvalue weighted by Gasteiger charge is -2.28. The minimum absolute atomic E-state index is 0.0913. The van der Waals surface area contributed by atoms with Gasteiger partial charge in [-0.3, -0.25) is 4.79 Å². The Kier molecular flexibility index (Phi) is 7.39. The van der Waals surface area contributed by atoms with Gasteiger partial charge in [-0.25, -0.2) is 0 Å². The maximum atomic E-state index is 12.6. The van der Waals surface area contributed by atoms with Crippen molar-refractivity contribution in [3.8, 4) is 5.75 Å². The lowest BCUT2D eigenvalue weighted by Crippen LogP contribution is -2.42. The van der Waals surface area contributed by atoms with Gasteiger partial charge in [0.15, 0.2) is 0 Å². The molecular formula is C18H29NO3. The minimum atomic E-state index is -0.781. The summed E-state index contributed by atoms with van der Waals surface area (Å²) in [6, 6.07) is 5.68. The summed E-state index contributed by atoms with van der Waals surface area (Å²) in [6.07, 6.45) is 2.73. The highest BCUT2D eigenvalue weighted by molar-refractivity contribution is 5.97. The van der Waals surface area contributed by atoms with Crippen LogP contribution in [0.4, 0.5) is 5.69 Å². The smallest absolute Gasteiger partial charge is 0.256 e. The van der Waals surface area contributed by atoms with Gasteiger partial charge in [0.2, 0.25) is 0 Å². The fourth-order valence-electron chi connectivity index (χ4n) is 2.39. The fraction of sp³-hybridized carbons (Fsp3) is 0.611. The molecule has 0 saturated carbocycles. The molecule has 0 aliphatic rings. The van der Waals surface area contributed by atoms with E-state index in [2.05, 4.69) is 12.2 Å². The van der Waals surface area contributed by atoms with Gasteiger partial charge in [-0.2, -0.15) is 0 Å². The highest BCUT2D eigenvalue weighted by Gasteiger charge is 2.33. The number of hydrogen-bond acceptors (Lipinski definition) is 3. The molecular weight excluding hydrogens is 278 g/mol. The number of rotatable bonds is 9. The van der Waals surface area contributed by atoms with E-state index in [1.165, 1.54) is 0 Å². The molecule has 0 unspecified atom stereocenters. The number of carbonyl (C=O) groups is 1. The van der Waals surface area contributed by atoms with Gasteiger partial charge in [0.05, 0.1) is 6.61 Å². The molecule has 0 aromatic heterocycles. The van der Waals surface area contributed by atoms with Crippen LogP contribution in [0.5, 0.6) is 5.75 Å². The first-order chi connectivity index (χ1) is 10.5. The van der Waals surface area contributed by atoms with E-state index in [1.807, 2.05) is 45.9 Å². The second kappa shape index (κ2) is 8.79. The van der Waals surface area contributed by atoms with Gasteiger partial charge >= 0.3 is 0 Å². The summed E-state index contributed by atoms with van der Waals surface area (Å²) >= 11 is 0. The standard InChI is InChI=1S/C18H29NO3/c1-6-9-12-18(5,22-8-3)17(20)19-15-10-11-16(21-7-2)14(4)13-15/h10-11,13H,6-9,12H2,1-5H3,(H,19,20)/t18-/m0/s1. The molecule has 1 aromatic rings. The quantitative estimate of drug-likeness (QED) is 0.739. The van der Waals surface area contributed by atoms with Crippen LogP contribution < -0.4 is 10.1 Å². The summed E-state index contributed by atoms with van der Waals surface area (Å²) in [5.41, 5.74) is 0.997. The number of anilines is 1. The normalized spacial score (nSPS) is 13.5. The second-order valence-corrected chi connectivity index (χ2v) is 5.63. The van der Waals surface area contributed by atoms with Crippen molar-refractivity contribution >= 4 is 11.6 Å². The van der Waals surface area contributed by atoms with E-state index in [9.17, 15) is 4.79 Å². The summed E-state index contributed by atoms with van der Waals surface area (Å²) in [7, 11) is 0. The van der Waals surface area contributed by atoms with Crippen molar-refractivity contribution in [3.05, 3.63) is 23.8 Å². The Morgan fingerprint density at radius 2 is 1.95 bits per heavy atom. The average Bonchev–Trinajstić information content (AvgIpc) is 2.48. The fourth-order valence-corrected chi connectivity index (χ4v) is 2.39. The molecule has 0 heterocycles. The minimum Gasteiger partial charge on any atom is -0.494 e. The average molecular weight is 307 g/mol. The first-order valence-electron chi connectivity index (χ1n) is 8.15. The topological polar surface area (TPSA) is 47.6 Å². The van der Waals surface area contributed by atoms with E-state index in [0.717, 1.165) is 36.3 Å². The van der Waals surface area contributed by atoms with Crippen LogP contribution in [0, 0.1) is 6.92 Å². The summed E-state index contributed by atoms with van der Waals surface area (Å²) in [6.45, 7) is 11.0. The molecule has 0 bridgehead atoms. The molecule has 4 nitrogen and oxygen atoms in total. The molecule has 1 aromatic carbocycles. The molecule has 0 saturated heterocycles. The third-order valence-electron chi connectivity index (χ3n) is 3.68. The molecule has 0 aliphatic carbocycles. The Hall–Kier alpha value is -1.55. The van der Waals surface area contributed by atoms with Crippen LogP contribution in [0.2, 0.25) is 0 Å². The highest BCUT2D eigenvalue weighted by Crippen LogP contribution is 2.25. The number of amides is 1. The Morgan fingerprint density at radius 3 is 2.50 bits per heavy atom. The van der Waals surface area contributed by atoms with Crippen molar-refractivity contribution < 1.29 is 14.3 Å². The van der Waals surface area contributed by atoms with E-state index in [-0.39, 0.29) is 5.91 Å². The zero-order valence-electron chi connectivity index (χ0n) is 14.5. The van der Waals surface area contributed by atoms with E-state index in [0.29, 0.717) is 13.2 Å². The van der Waals surface area contributed by atoms with Crippen LogP contribution in [0.1, 0.15) is 52.5 Å². The second-order valence-electron chi connectivity index (χ2n) is 5.63. The van der Waals surface area contributed by atoms with Crippen molar-refractivity contribution in [2.45, 2.75) is 59.5 Å². The van der Waals surface area contributed by atoms with E-state index in [4.69, 9.17) is 9.47 Å². The van der Waals surface area contributed by atoms with Gasteiger partial charge < -0.3 is 14.8 Å². The molecule has 0 radical (unpaired) electrons. The maximum absolute atomic E-state index is 12.6. The number of aryl methyl sites for hydroxylation is 1. The first kappa shape index (κ1) is 18.5. The lowest BCUT2D eigenvalue weighted by atomic mass is 9.97. The van der Waals surface area contributed by atoms with Crippen LogP contribution in [0.15, 0.2) is 18.2 Å². The number of benzene rings is 1. The molecule has 0 aliphatic heterocycles. The van der Waals surface area contributed by atoms with Crippen LogP contribution in [0.3, 0.4) is 0 Å². The van der Waals surface area contributed by atoms with Gasteiger partial charge in [0.1, 0.15) is 11.4 Å². The van der Waals surface area contributed by atoms with E-state index in [1.54, 1.807) is 0 Å². The van der Waals surface area contributed by atoms with Crippen LogP contribution >= 0.6 is 0 Å². The molecule has 1 atom stereocenters. The molecule has 0 spiro atoms. The summed E-state index contributed by atoms with van der Waals surface area (Å²) in [5.74, 6) is 0.755. The number of nitrogens with one attached hydrogen (secondary N) is 1. The summed E-state index contributed by atoms with van der Waals surface area (Å²) in [5, 5.41) is 2.97. The zero-order chi connectivity index (χ0) is 16.6. The summed E-state index contributed by atoms with van der Waals surface area (Å²) in [4.78, 5) is 12.6. The first-order valence-corrected chi connectivity index (χ1v) is 8.15. The van der Waals surface area contributed by atoms with E-state index < -0.39 is 5.60 Å². The number of ether oxygens (including phenoxy) is 2. The van der Waals surface area contributed by atoms with Crippen molar-refractivity contribution in [1.29, 1.82) is 0 Å². The van der Waals surface area contributed by atoms with Gasteiger partial charge in [-0.05, 0) is 57.9 Å². The van der Waals surface area contributed by atoms with Crippen LogP contribution in [0.25, 0.3) is 0 Å². The van der Waals surface area contributed by atoms with Gasteiger partial charge in [0, 0.05) is 12.3 Å². The largest absolute Gasteiger partial charge is 0.494 e. The predicted molar refractivity (Wildman–Crippen MR) is 90.5 cm³/mol.